The highest BCUT2D eigenvalue weighted by Crippen LogP contribution is 2.25. The molecule has 0 saturated carbocycles. The molecule has 0 bridgehead atoms. The number of nitrogens with one attached hydrogen (secondary N) is 1. The van der Waals surface area contributed by atoms with Crippen molar-refractivity contribution in [2.75, 3.05) is 6.61 Å². The second kappa shape index (κ2) is 4.02. The molecule has 15 heavy (non-hydrogen) atoms. The Morgan fingerprint density at radius 3 is 2.93 bits per heavy atom. The molecule has 1 fully saturated rings. The molecule has 1 aliphatic heterocycles. The summed E-state index contributed by atoms with van der Waals surface area (Å²) in [5.41, 5.74) is -0.00514. The first-order chi connectivity index (χ1) is 7.22. The molecular formula is C10H14N2O3. The van der Waals surface area contributed by atoms with Crippen LogP contribution < -0.4 is 11.2 Å². The summed E-state index contributed by atoms with van der Waals surface area (Å²) in [4.78, 5) is 25.7. The third-order valence-corrected chi connectivity index (χ3v) is 2.63. The topological polar surface area (TPSA) is 64.1 Å². The third kappa shape index (κ3) is 1.87. The van der Waals surface area contributed by atoms with Crippen LogP contribution in [0.2, 0.25) is 0 Å². The minimum absolute atomic E-state index is 0.114. The van der Waals surface area contributed by atoms with Crippen molar-refractivity contribution in [1.82, 2.24) is 9.55 Å². The van der Waals surface area contributed by atoms with E-state index in [-0.39, 0.29) is 17.4 Å². The summed E-state index contributed by atoms with van der Waals surface area (Å²) in [6.07, 6.45) is 1.73. The average Bonchev–Trinajstić information content (AvgIpc) is 2.69. The molecule has 0 aromatic carbocycles. The van der Waals surface area contributed by atoms with Crippen molar-refractivity contribution in [3.8, 4) is 0 Å². The molecule has 0 aliphatic carbocycles. The maximum atomic E-state index is 11.5. The van der Waals surface area contributed by atoms with Gasteiger partial charge in [-0.15, -0.1) is 0 Å². The first-order valence-corrected chi connectivity index (χ1v) is 5.18. The van der Waals surface area contributed by atoms with Crippen LogP contribution in [0.5, 0.6) is 0 Å². The van der Waals surface area contributed by atoms with Crippen LogP contribution in [0.3, 0.4) is 0 Å². The van der Waals surface area contributed by atoms with Gasteiger partial charge in [0.25, 0.3) is 5.56 Å². The van der Waals surface area contributed by atoms with Crippen molar-refractivity contribution in [2.24, 2.45) is 0 Å². The van der Waals surface area contributed by atoms with Gasteiger partial charge in [-0.2, -0.15) is 0 Å². The van der Waals surface area contributed by atoms with Crippen molar-refractivity contribution in [3.63, 3.8) is 0 Å². The van der Waals surface area contributed by atoms with Crippen molar-refractivity contribution >= 4 is 0 Å². The first kappa shape index (κ1) is 10.2. The number of hydrogen-bond donors (Lipinski definition) is 1. The van der Waals surface area contributed by atoms with E-state index >= 15 is 0 Å². The summed E-state index contributed by atoms with van der Waals surface area (Å²) >= 11 is 0. The van der Waals surface area contributed by atoms with Crippen molar-refractivity contribution in [2.45, 2.75) is 32.4 Å². The molecule has 5 nitrogen and oxygen atoms in total. The van der Waals surface area contributed by atoms with E-state index in [2.05, 4.69) is 4.98 Å². The fraction of sp³-hybridized carbons (Fsp3) is 0.600. The quantitative estimate of drug-likeness (QED) is 0.768. The van der Waals surface area contributed by atoms with Crippen LogP contribution in [0.15, 0.2) is 15.7 Å². The molecule has 0 amide bonds. The average molecular weight is 210 g/mol. The molecular weight excluding hydrogens is 196 g/mol. The lowest BCUT2D eigenvalue weighted by atomic mass is 10.2. The lowest BCUT2D eigenvalue weighted by Crippen LogP contribution is -2.35. The van der Waals surface area contributed by atoms with Crippen molar-refractivity contribution in [3.05, 3.63) is 32.6 Å². The van der Waals surface area contributed by atoms with Crippen LogP contribution in [-0.4, -0.2) is 16.2 Å². The second-order valence-electron chi connectivity index (χ2n) is 3.61. The highest BCUT2D eigenvalue weighted by Gasteiger charge is 2.19. The number of nitrogens with zero attached hydrogens (tertiary/aromatic N) is 1. The predicted molar refractivity (Wildman–Crippen MR) is 54.9 cm³/mol. The van der Waals surface area contributed by atoms with Gasteiger partial charge < -0.3 is 9.72 Å². The monoisotopic (exact) mass is 210 g/mol. The van der Waals surface area contributed by atoms with Gasteiger partial charge in [-0.25, -0.2) is 4.79 Å². The van der Waals surface area contributed by atoms with E-state index in [4.69, 9.17) is 4.74 Å². The van der Waals surface area contributed by atoms with Crippen molar-refractivity contribution < 1.29 is 4.74 Å². The van der Waals surface area contributed by atoms with Gasteiger partial charge in [-0.1, -0.05) is 0 Å². The number of aromatic amines is 1. The van der Waals surface area contributed by atoms with Crippen LogP contribution in [0, 0.1) is 0 Å². The highest BCUT2D eigenvalue weighted by molar-refractivity contribution is 5.04. The predicted octanol–water partition coefficient (Wildman–Crippen LogP) is 0.408. The summed E-state index contributed by atoms with van der Waals surface area (Å²) in [5.74, 6) is 0. The van der Waals surface area contributed by atoms with Gasteiger partial charge in [0.05, 0.1) is 11.8 Å². The Labute approximate surface area is 86.7 Å². The van der Waals surface area contributed by atoms with E-state index in [1.54, 1.807) is 6.92 Å². The SMILES string of the molecule is CCn1c(=O)cc(C2CCCO2)[nH]c1=O. The first-order valence-electron chi connectivity index (χ1n) is 5.18. The van der Waals surface area contributed by atoms with Gasteiger partial charge in [0.1, 0.15) is 0 Å². The summed E-state index contributed by atoms with van der Waals surface area (Å²) in [7, 11) is 0. The molecule has 1 aliphatic rings. The molecule has 1 unspecified atom stereocenters. The maximum absolute atomic E-state index is 11.5. The maximum Gasteiger partial charge on any atom is 0.328 e. The Morgan fingerprint density at radius 1 is 1.60 bits per heavy atom. The minimum Gasteiger partial charge on any atom is -0.372 e. The molecule has 2 rings (SSSR count). The van der Waals surface area contributed by atoms with Gasteiger partial charge >= 0.3 is 5.69 Å². The Hall–Kier alpha value is -1.36. The zero-order chi connectivity index (χ0) is 10.8. The molecule has 2 heterocycles. The molecule has 1 aromatic heterocycles. The zero-order valence-corrected chi connectivity index (χ0v) is 8.66. The molecule has 82 valence electrons. The molecule has 1 N–H and O–H groups in total. The highest BCUT2D eigenvalue weighted by atomic mass is 16.5. The van der Waals surface area contributed by atoms with E-state index in [0.717, 1.165) is 12.8 Å². The number of hydrogen-bond acceptors (Lipinski definition) is 3. The molecule has 5 heteroatoms. The van der Waals surface area contributed by atoms with Gasteiger partial charge in [0.15, 0.2) is 0 Å². The molecule has 1 atom stereocenters. The van der Waals surface area contributed by atoms with Gasteiger partial charge in [-0.05, 0) is 19.8 Å². The second-order valence-corrected chi connectivity index (χ2v) is 3.61. The molecule has 0 spiro atoms. The van der Waals surface area contributed by atoms with Crippen LogP contribution in [0.1, 0.15) is 31.6 Å². The fourth-order valence-electron chi connectivity index (χ4n) is 1.83. The largest absolute Gasteiger partial charge is 0.372 e. The van der Waals surface area contributed by atoms with Gasteiger partial charge in [0.2, 0.25) is 0 Å². The van der Waals surface area contributed by atoms with Crippen LogP contribution in [-0.2, 0) is 11.3 Å². The van der Waals surface area contributed by atoms with E-state index in [0.29, 0.717) is 18.8 Å². The fourth-order valence-corrected chi connectivity index (χ4v) is 1.83. The van der Waals surface area contributed by atoms with Crippen LogP contribution >= 0.6 is 0 Å². The summed E-state index contributed by atoms with van der Waals surface area (Å²) in [6, 6.07) is 1.46. The summed E-state index contributed by atoms with van der Waals surface area (Å²) < 4.78 is 6.57. The number of aromatic nitrogens is 2. The van der Waals surface area contributed by atoms with E-state index < -0.39 is 0 Å². The van der Waals surface area contributed by atoms with E-state index in [9.17, 15) is 9.59 Å². The Kier molecular flexibility index (Phi) is 2.73. The molecule has 1 aromatic rings. The Bertz CT molecular complexity index is 423. The van der Waals surface area contributed by atoms with Crippen molar-refractivity contribution in [1.29, 1.82) is 0 Å². The zero-order valence-electron chi connectivity index (χ0n) is 8.66. The Balaban J connectivity index is 2.43. The van der Waals surface area contributed by atoms with Crippen LogP contribution in [0.25, 0.3) is 0 Å². The van der Waals surface area contributed by atoms with E-state index in [1.165, 1.54) is 10.6 Å². The molecule has 0 radical (unpaired) electrons. The number of ether oxygens (including phenoxy) is 1. The number of H-pyrrole nitrogens is 1. The van der Waals surface area contributed by atoms with Crippen LogP contribution in [0.4, 0.5) is 0 Å². The normalized spacial score (nSPS) is 20.7. The summed E-state index contributed by atoms with van der Waals surface area (Å²) in [6.45, 7) is 2.85. The summed E-state index contributed by atoms with van der Waals surface area (Å²) in [5, 5.41) is 0. The standard InChI is InChI=1S/C10H14N2O3/c1-2-12-9(13)6-7(11-10(12)14)8-4-3-5-15-8/h6,8H,2-5H2,1H3,(H,11,14). The number of rotatable bonds is 2. The van der Waals surface area contributed by atoms with E-state index in [1.807, 2.05) is 0 Å². The lowest BCUT2D eigenvalue weighted by Gasteiger charge is -2.09. The van der Waals surface area contributed by atoms with Gasteiger partial charge in [-0.3, -0.25) is 9.36 Å². The lowest BCUT2D eigenvalue weighted by molar-refractivity contribution is 0.108. The van der Waals surface area contributed by atoms with Gasteiger partial charge in [0, 0.05) is 19.2 Å². The Morgan fingerprint density at radius 2 is 2.40 bits per heavy atom. The third-order valence-electron chi connectivity index (χ3n) is 2.63. The minimum atomic E-state index is -0.351. The smallest absolute Gasteiger partial charge is 0.328 e. The molecule has 1 saturated heterocycles.